The molecule has 0 atom stereocenters. The number of nitrogens with zero attached hydrogens (tertiary/aromatic N) is 3. The molecule has 1 amide bonds. The Labute approximate surface area is 136 Å². The Morgan fingerprint density at radius 2 is 1.09 bits per heavy atom. The largest absolute Gasteiger partial charge is 0.293 e. The van der Waals surface area contributed by atoms with Crippen molar-refractivity contribution in [2.24, 2.45) is 5.11 Å². The first-order valence-electron chi connectivity index (χ1n) is 9.39. The average molecular weight is 309 g/mol. The third-order valence-electron chi connectivity index (χ3n) is 4.15. The van der Waals surface area contributed by atoms with E-state index in [2.05, 4.69) is 16.9 Å². The second-order valence-corrected chi connectivity index (χ2v) is 6.28. The molecule has 0 spiro atoms. The zero-order chi connectivity index (χ0) is 16.3. The fourth-order valence-electron chi connectivity index (χ4n) is 2.75. The molecule has 0 N–H and O–H groups in total. The fraction of sp³-hybridized carbons (Fsp3) is 0.944. The van der Waals surface area contributed by atoms with Gasteiger partial charge in [0.15, 0.2) is 0 Å². The van der Waals surface area contributed by atoms with Gasteiger partial charge in [-0.25, -0.2) is 0 Å². The monoisotopic (exact) mass is 309 g/mol. The molecular formula is C18H35N3O. The normalized spacial score (nSPS) is 10.4. The standard InChI is InChI=1S/C18H35N3O/c1-2-3-4-5-6-7-8-9-10-11-12-13-14-15-16-17-18(22)20-21-19/h2-17H2,1H3. The topological polar surface area (TPSA) is 65.8 Å². The van der Waals surface area contributed by atoms with Gasteiger partial charge in [-0.3, -0.25) is 4.79 Å². The van der Waals surface area contributed by atoms with Gasteiger partial charge < -0.3 is 0 Å². The van der Waals surface area contributed by atoms with E-state index in [1.54, 1.807) is 0 Å². The first kappa shape index (κ1) is 21.0. The van der Waals surface area contributed by atoms with Crippen molar-refractivity contribution in [1.82, 2.24) is 0 Å². The van der Waals surface area contributed by atoms with Crippen molar-refractivity contribution in [3.8, 4) is 0 Å². The van der Waals surface area contributed by atoms with Crippen LogP contribution in [-0.2, 0) is 4.79 Å². The molecule has 0 fully saturated rings. The molecule has 128 valence electrons. The van der Waals surface area contributed by atoms with Crippen LogP contribution in [0, 0.1) is 0 Å². The summed E-state index contributed by atoms with van der Waals surface area (Å²) in [4.78, 5) is 13.5. The number of carbonyl (C=O) groups is 1. The minimum absolute atomic E-state index is 0.322. The first-order valence-corrected chi connectivity index (χ1v) is 9.39. The van der Waals surface area contributed by atoms with E-state index in [4.69, 9.17) is 5.53 Å². The first-order chi connectivity index (χ1) is 10.8. The highest BCUT2D eigenvalue weighted by Crippen LogP contribution is 2.13. The maximum atomic E-state index is 11.0. The quantitative estimate of drug-likeness (QED) is 0.130. The zero-order valence-corrected chi connectivity index (χ0v) is 14.6. The van der Waals surface area contributed by atoms with E-state index in [1.165, 1.54) is 83.5 Å². The van der Waals surface area contributed by atoms with Crippen LogP contribution in [0.1, 0.15) is 110 Å². The molecule has 0 bridgehead atoms. The summed E-state index contributed by atoms with van der Waals surface area (Å²) in [6.07, 6.45) is 20.1. The summed E-state index contributed by atoms with van der Waals surface area (Å²) < 4.78 is 0. The predicted molar refractivity (Wildman–Crippen MR) is 93.7 cm³/mol. The van der Waals surface area contributed by atoms with Gasteiger partial charge in [0.05, 0.1) is 0 Å². The average Bonchev–Trinajstić information content (AvgIpc) is 2.51. The minimum Gasteiger partial charge on any atom is -0.293 e. The highest BCUT2D eigenvalue weighted by Gasteiger charge is 1.98. The van der Waals surface area contributed by atoms with Crippen LogP contribution in [0.2, 0.25) is 0 Å². The Balaban J connectivity index is 3.05. The van der Waals surface area contributed by atoms with Gasteiger partial charge in [0, 0.05) is 11.3 Å². The SMILES string of the molecule is CCCCCCCCCCCCCCCCCC(=O)N=[N+]=[N-]. The van der Waals surface area contributed by atoms with Crippen molar-refractivity contribution >= 4 is 5.91 Å². The molecule has 22 heavy (non-hydrogen) atoms. The van der Waals surface area contributed by atoms with Crippen molar-refractivity contribution in [3.05, 3.63) is 10.4 Å². The molecule has 0 saturated carbocycles. The number of hydrogen-bond acceptors (Lipinski definition) is 1. The van der Waals surface area contributed by atoms with Gasteiger partial charge in [-0.2, -0.15) is 0 Å². The zero-order valence-electron chi connectivity index (χ0n) is 14.6. The molecule has 0 aliphatic rings. The molecule has 0 aromatic carbocycles. The molecule has 4 nitrogen and oxygen atoms in total. The lowest BCUT2D eigenvalue weighted by molar-refractivity contribution is -0.118. The van der Waals surface area contributed by atoms with Crippen molar-refractivity contribution in [2.45, 2.75) is 110 Å². The lowest BCUT2D eigenvalue weighted by Crippen LogP contribution is -1.91. The summed E-state index contributed by atoms with van der Waals surface area (Å²) in [5.74, 6) is -0.322. The summed E-state index contributed by atoms with van der Waals surface area (Å²) in [6.45, 7) is 2.27. The van der Waals surface area contributed by atoms with E-state index in [1.807, 2.05) is 0 Å². The van der Waals surface area contributed by atoms with E-state index in [-0.39, 0.29) is 5.91 Å². The molecule has 0 unspecified atom stereocenters. The second-order valence-electron chi connectivity index (χ2n) is 6.28. The minimum atomic E-state index is -0.322. The summed E-state index contributed by atoms with van der Waals surface area (Å²) in [5.41, 5.74) is 8.10. The van der Waals surface area contributed by atoms with E-state index in [0.717, 1.165) is 12.8 Å². The number of unbranched alkanes of at least 4 members (excludes halogenated alkanes) is 14. The number of rotatable bonds is 16. The van der Waals surface area contributed by atoms with Crippen molar-refractivity contribution < 1.29 is 4.79 Å². The maximum absolute atomic E-state index is 11.0. The predicted octanol–water partition coefficient (Wildman–Crippen LogP) is 7.08. The highest BCUT2D eigenvalue weighted by atomic mass is 16.1. The number of hydrogen-bond donors (Lipinski definition) is 0. The highest BCUT2D eigenvalue weighted by molar-refractivity contribution is 5.76. The Morgan fingerprint density at radius 1 is 0.727 bits per heavy atom. The third-order valence-corrected chi connectivity index (χ3v) is 4.15. The fourth-order valence-corrected chi connectivity index (χ4v) is 2.75. The van der Waals surface area contributed by atoms with Gasteiger partial charge in [0.2, 0.25) is 5.91 Å². The Bertz CT molecular complexity index is 299. The van der Waals surface area contributed by atoms with Gasteiger partial charge in [-0.1, -0.05) is 96.8 Å². The van der Waals surface area contributed by atoms with Gasteiger partial charge in [0.1, 0.15) is 0 Å². The molecule has 0 aromatic heterocycles. The van der Waals surface area contributed by atoms with E-state index in [0.29, 0.717) is 6.42 Å². The lowest BCUT2D eigenvalue weighted by atomic mass is 10.0. The van der Waals surface area contributed by atoms with Gasteiger partial charge in [-0.15, -0.1) is 0 Å². The maximum Gasteiger partial charge on any atom is 0.218 e. The van der Waals surface area contributed by atoms with Gasteiger partial charge in [0.25, 0.3) is 0 Å². The van der Waals surface area contributed by atoms with E-state index < -0.39 is 0 Å². The molecule has 0 rings (SSSR count). The Morgan fingerprint density at radius 3 is 1.45 bits per heavy atom. The van der Waals surface area contributed by atoms with Crippen LogP contribution >= 0.6 is 0 Å². The molecule has 0 aliphatic heterocycles. The number of azide groups is 1. The van der Waals surface area contributed by atoms with Gasteiger partial charge in [-0.05, 0) is 17.1 Å². The van der Waals surface area contributed by atoms with Crippen LogP contribution in [0.4, 0.5) is 0 Å². The molecule has 0 saturated heterocycles. The summed E-state index contributed by atoms with van der Waals surface area (Å²) in [7, 11) is 0. The molecule has 0 aromatic rings. The van der Waals surface area contributed by atoms with Crippen LogP contribution < -0.4 is 0 Å². The number of amides is 1. The molecule has 0 aliphatic carbocycles. The summed E-state index contributed by atoms with van der Waals surface area (Å²) in [5, 5.41) is 3.07. The lowest BCUT2D eigenvalue weighted by Gasteiger charge is -2.03. The van der Waals surface area contributed by atoms with Crippen molar-refractivity contribution in [1.29, 1.82) is 0 Å². The van der Waals surface area contributed by atoms with Crippen LogP contribution in [0.25, 0.3) is 10.4 Å². The smallest absolute Gasteiger partial charge is 0.218 e. The Hall–Kier alpha value is -1.02. The van der Waals surface area contributed by atoms with Crippen LogP contribution in [0.5, 0.6) is 0 Å². The molecule has 0 heterocycles. The van der Waals surface area contributed by atoms with Crippen molar-refractivity contribution in [3.63, 3.8) is 0 Å². The number of carbonyl (C=O) groups excluding carboxylic acids is 1. The molecule has 0 radical (unpaired) electrons. The second kappa shape index (κ2) is 18.0. The Kier molecular flexibility index (Phi) is 17.2. The van der Waals surface area contributed by atoms with E-state index >= 15 is 0 Å². The van der Waals surface area contributed by atoms with Crippen molar-refractivity contribution in [2.75, 3.05) is 0 Å². The summed E-state index contributed by atoms with van der Waals surface area (Å²) in [6, 6.07) is 0. The van der Waals surface area contributed by atoms with Crippen LogP contribution in [-0.4, -0.2) is 5.91 Å². The van der Waals surface area contributed by atoms with Crippen LogP contribution in [0.3, 0.4) is 0 Å². The molecular weight excluding hydrogens is 274 g/mol. The summed E-state index contributed by atoms with van der Waals surface area (Å²) >= 11 is 0. The molecule has 4 heteroatoms. The third kappa shape index (κ3) is 17.0. The van der Waals surface area contributed by atoms with Gasteiger partial charge >= 0.3 is 0 Å². The van der Waals surface area contributed by atoms with E-state index in [9.17, 15) is 4.79 Å². The van der Waals surface area contributed by atoms with Crippen LogP contribution in [0.15, 0.2) is 5.11 Å².